The molecule has 1 aliphatic carbocycles. The number of carbonyl (C=O) groups is 2. The zero-order valence-electron chi connectivity index (χ0n) is 13.6. The summed E-state index contributed by atoms with van der Waals surface area (Å²) in [4.78, 5) is 26.0. The van der Waals surface area contributed by atoms with Gasteiger partial charge in [0.15, 0.2) is 0 Å². The molecule has 1 saturated carbocycles. The van der Waals surface area contributed by atoms with Crippen molar-refractivity contribution in [3.63, 3.8) is 0 Å². The van der Waals surface area contributed by atoms with Gasteiger partial charge >= 0.3 is 11.8 Å². The van der Waals surface area contributed by atoms with Gasteiger partial charge in [-0.2, -0.15) is 0 Å². The highest BCUT2D eigenvalue weighted by molar-refractivity contribution is 6.39. The smallest absolute Gasteiger partial charge is 0.313 e. The minimum atomic E-state index is -0.602. The topological polar surface area (TPSA) is 61.4 Å². The van der Waals surface area contributed by atoms with E-state index < -0.39 is 11.8 Å². The van der Waals surface area contributed by atoms with E-state index >= 15 is 0 Å². The molecule has 1 aliphatic rings. The number of rotatable bonds is 3. The van der Waals surface area contributed by atoms with E-state index in [1.54, 1.807) is 12.1 Å². The van der Waals surface area contributed by atoms with Crippen LogP contribution in [0.3, 0.4) is 0 Å². The lowest BCUT2D eigenvalue weighted by Crippen LogP contribution is -2.45. The number of amides is 2. The molecule has 0 aliphatic heterocycles. The van der Waals surface area contributed by atoms with Crippen molar-refractivity contribution in [2.45, 2.75) is 38.6 Å². The molecule has 0 unspecified atom stereocenters. The van der Waals surface area contributed by atoms with Crippen LogP contribution in [0.25, 0.3) is 0 Å². The molecule has 0 bridgehead atoms. The van der Waals surface area contributed by atoms with Gasteiger partial charge in [-0.05, 0) is 43.0 Å². The third kappa shape index (κ3) is 4.23. The Morgan fingerprint density at radius 1 is 1.05 bits per heavy atom. The second kappa shape index (κ2) is 7.29. The Bertz CT molecular complexity index is 525. The second-order valence-corrected chi connectivity index (χ2v) is 6.24. The van der Waals surface area contributed by atoms with Crippen molar-refractivity contribution in [3.8, 4) is 0 Å². The van der Waals surface area contributed by atoms with Crippen LogP contribution in [0.4, 0.5) is 11.4 Å². The Hall–Kier alpha value is -2.04. The van der Waals surface area contributed by atoms with E-state index in [-0.39, 0.29) is 6.04 Å². The highest BCUT2D eigenvalue weighted by Gasteiger charge is 2.25. The van der Waals surface area contributed by atoms with E-state index in [0.29, 0.717) is 11.6 Å². The third-order valence-corrected chi connectivity index (χ3v) is 4.28. The standard InChI is InChI=1S/C17H25N3O2/c1-12-6-4-5-7-15(12)19-17(22)16(21)18-13-8-10-14(11-9-13)20(2)3/h8-12,15H,4-7H2,1-3H3,(H,18,21)(H,19,22)/t12-,15+/m1/s1. The van der Waals surface area contributed by atoms with Gasteiger partial charge in [0.05, 0.1) is 0 Å². The lowest BCUT2D eigenvalue weighted by atomic mass is 9.86. The average molecular weight is 303 g/mol. The first kappa shape index (κ1) is 16.3. The Balaban J connectivity index is 1.89. The van der Waals surface area contributed by atoms with Gasteiger partial charge in [-0.1, -0.05) is 19.8 Å². The van der Waals surface area contributed by atoms with Gasteiger partial charge in [0.2, 0.25) is 0 Å². The van der Waals surface area contributed by atoms with Crippen LogP contribution in [0.2, 0.25) is 0 Å². The van der Waals surface area contributed by atoms with E-state index in [1.165, 1.54) is 6.42 Å². The van der Waals surface area contributed by atoms with Gasteiger partial charge in [0.1, 0.15) is 0 Å². The first-order valence-corrected chi connectivity index (χ1v) is 7.86. The molecular weight excluding hydrogens is 278 g/mol. The van der Waals surface area contributed by atoms with Crippen LogP contribution >= 0.6 is 0 Å². The number of nitrogens with one attached hydrogen (secondary N) is 2. The van der Waals surface area contributed by atoms with E-state index in [1.807, 2.05) is 31.1 Å². The Morgan fingerprint density at radius 3 is 2.27 bits per heavy atom. The van der Waals surface area contributed by atoms with Gasteiger partial charge in [0.25, 0.3) is 0 Å². The molecule has 1 aromatic carbocycles. The van der Waals surface area contributed by atoms with Crippen LogP contribution < -0.4 is 15.5 Å². The lowest BCUT2D eigenvalue weighted by molar-refractivity contribution is -0.137. The van der Waals surface area contributed by atoms with E-state index in [9.17, 15) is 9.59 Å². The lowest BCUT2D eigenvalue weighted by Gasteiger charge is -2.29. The number of hydrogen-bond donors (Lipinski definition) is 2. The highest BCUT2D eigenvalue weighted by atomic mass is 16.2. The molecule has 5 nitrogen and oxygen atoms in total. The predicted octanol–water partition coefficient (Wildman–Crippen LogP) is 2.39. The maximum atomic E-state index is 12.0. The van der Waals surface area contributed by atoms with Crippen LogP contribution in [-0.2, 0) is 9.59 Å². The summed E-state index contributed by atoms with van der Waals surface area (Å²) in [6, 6.07) is 7.50. The molecule has 1 aromatic rings. The fourth-order valence-corrected chi connectivity index (χ4v) is 2.80. The summed E-state index contributed by atoms with van der Waals surface area (Å²) >= 11 is 0. The van der Waals surface area contributed by atoms with E-state index in [0.717, 1.165) is 24.9 Å². The zero-order chi connectivity index (χ0) is 16.1. The number of carbonyl (C=O) groups excluding carboxylic acids is 2. The molecular formula is C17H25N3O2. The van der Waals surface area contributed by atoms with Crippen LogP contribution in [0, 0.1) is 5.92 Å². The molecule has 0 aromatic heterocycles. The molecule has 2 rings (SSSR count). The molecule has 120 valence electrons. The molecule has 2 atom stereocenters. The summed E-state index contributed by atoms with van der Waals surface area (Å²) in [6.45, 7) is 2.13. The number of hydrogen-bond acceptors (Lipinski definition) is 3. The summed E-state index contributed by atoms with van der Waals surface area (Å²) < 4.78 is 0. The third-order valence-electron chi connectivity index (χ3n) is 4.28. The van der Waals surface area contributed by atoms with E-state index in [2.05, 4.69) is 17.6 Å². The maximum absolute atomic E-state index is 12.0. The molecule has 0 saturated heterocycles. The molecule has 2 amide bonds. The number of benzene rings is 1. The van der Waals surface area contributed by atoms with Crippen molar-refractivity contribution >= 4 is 23.2 Å². The monoisotopic (exact) mass is 303 g/mol. The Morgan fingerprint density at radius 2 is 1.68 bits per heavy atom. The van der Waals surface area contributed by atoms with Crippen molar-refractivity contribution in [3.05, 3.63) is 24.3 Å². The van der Waals surface area contributed by atoms with Crippen molar-refractivity contribution < 1.29 is 9.59 Å². The minimum absolute atomic E-state index is 0.114. The molecule has 22 heavy (non-hydrogen) atoms. The van der Waals surface area contributed by atoms with E-state index in [4.69, 9.17) is 0 Å². The second-order valence-electron chi connectivity index (χ2n) is 6.24. The van der Waals surface area contributed by atoms with Crippen molar-refractivity contribution in [1.82, 2.24) is 5.32 Å². The van der Waals surface area contributed by atoms with Gasteiger partial charge in [-0.3, -0.25) is 9.59 Å². The van der Waals surface area contributed by atoms with Crippen molar-refractivity contribution in [2.75, 3.05) is 24.3 Å². The SMILES string of the molecule is C[C@@H]1CCCC[C@@H]1NC(=O)C(=O)Nc1ccc(N(C)C)cc1. The fourth-order valence-electron chi connectivity index (χ4n) is 2.80. The highest BCUT2D eigenvalue weighted by Crippen LogP contribution is 2.23. The Labute approximate surface area is 132 Å². The predicted molar refractivity (Wildman–Crippen MR) is 89.0 cm³/mol. The van der Waals surface area contributed by atoms with Gasteiger partial charge in [-0.15, -0.1) is 0 Å². The fraction of sp³-hybridized carbons (Fsp3) is 0.529. The zero-order valence-corrected chi connectivity index (χ0v) is 13.6. The van der Waals surface area contributed by atoms with Crippen LogP contribution in [0.1, 0.15) is 32.6 Å². The Kier molecular flexibility index (Phi) is 5.41. The molecule has 1 fully saturated rings. The minimum Gasteiger partial charge on any atom is -0.378 e. The van der Waals surface area contributed by atoms with Gasteiger partial charge < -0.3 is 15.5 Å². The summed E-state index contributed by atoms with van der Waals surface area (Å²) in [7, 11) is 3.90. The van der Waals surface area contributed by atoms with Crippen molar-refractivity contribution in [1.29, 1.82) is 0 Å². The van der Waals surface area contributed by atoms with Crippen LogP contribution in [-0.4, -0.2) is 32.0 Å². The largest absolute Gasteiger partial charge is 0.378 e. The summed E-state index contributed by atoms with van der Waals surface area (Å²) in [5, 5.41) is 5.50. The molecule has 0 heterocycles. The average Bonchev–Trinajstić information content (AvgIpc) is 2.50. The van der Waals surface area contributed by atoms with Crippen molar-refractivity contribution in [2.24, 2.45) is 5.92 Å². The molecule has 0 radical (unpaired) electrons. The number of anilines is 2. The summed E-state index contributed by atoms with van der Waals surface area (Å²) in [6.07, 6.45) is 4.39. The normalized spacial score (nSPS) is 21.0. The first-order valence-electron chi connectivity index (χ1n) is 7.86. The number of nitrogens with zero attached hydrogens (tertiary/aromatic N) is 1. The first-order chi connectivity index (χ1) is 10.5. The molecule has 0 spiro atoms. The quantitative estimate of drug-likeness (QED) is 0.843. The summed E-state index contributed by atoms with van der Waals surface area (Å²) in [5.41, 5.74) is 1.67. The summed E-state index contributed by atoms with van der Waals surface area (Å²) in [5.74, 6) is -0.712. The maximum Gasteiger partial charge on any atom is 0.313 e. The van der Waals surface area contributed by atoms with Crippen LogP contribution in [0.15, 0.2) is 24.3 Å². The van der Waals surface area contributed by atoms with Crippen LogP contribution in [0.5, 0.6) is 0 Å². The van der Waals surface area contributed by atoms with Gasteiger partial charge in [0, 0.05) is 31.5 Å². The van der Waals surface area contributed by atoms with Gasteiger partial charge in [-0.25, -0.2) is 0 Å². The molecule has 2 N–H and O–H groups in total. The molecule has 5 heteroatoms.